The monoisotopic (exact) mass is 357 g/mol. The predicted octanol–water partition coefficient (Wildman–Crippen LogP) is 4.57. The van der Waals surface area contributed by atoms with Crippen molar-refractivity contribution in [3.63, 3.8) is 0 Å². The summed E-state index contributed by atoms with van der Waals surface area (Å²) in [5.41, 5.74) is -3.70. The topological polar surface area (TPSA) is 47.6 Å². The first-order valence-electron chi connectivity index (χ1n) is 6.71. The van der Waals surface area contributed by atoms with Crippen molar-refractivity contribution in [1.82, 2.24) is 0 Å². The van der Waals surface area contributed by atoms with Crippen molar-refractivity contribution in [2.75, 3.05) is 19.5 Å². The highest BCUT2D eigenvalue weighted by atomic mass is 32.2. The van der Waals surface area contributed by atoms with Gasteiger partial charge in [0.15, 0.2) is 0 Å². The van der Waals surface area contributed by atoms with Gasteiger partial charge in [0.2, 0.25) is 0 Å². The molecule has 0 heterocycles. The van der Waals surface area contributed by atoms with Crippen LogP contribution in [0.15, 0.2) is 47.4 Å². The highest BCUT2D eigenvalue weighted by molar-refractivity contribution is 8.00. The zero-order valence-electron chi connectivity index (χ0n) is 12.8. The second kappa shape index (κ2) is 7.48. The average Bonchev–Trinajstić information content (AvgIpc) is 2.54. The zero-order chi connectivity index (χ0) is 17.7. The summed E-state index contributed by atoms with van der Waals surface area (Å²) in [6.45, 7) is 0. The number of alkyl halides is 3. The molecule has 1 amide bonds. The summed E-state index contributed by atoms with van der Waals surface area (Å²) in [5, 5.41) is 2.65. The highest BCUT2D eigenvalue weighted by Gasteiger charge is 2.29. The Balaban J connectivity index is 2.12. The molecule has 128 valence electrons. The maximum Gasteiger partial charge on any atom is 0.446 e. The minimum Gasteiger partial charge on any atom is -0.497 e. The fourth-order valence-electron chi connectivity index (χ4n) is 1.90. The number of nitrogens with one attached hydrogen (secondary N) is 1. The van der Waals surface area contributed by atoms with Crippen molar-refractivity contribution in [3.05, 3.63) is 48.0 Å². The molecule has 24 heavy (non-hydrogen) atoms. The van der Waals surface area contributed by atoms with Crippen LogP contribution in [-0.2, 0) is 0 Å². The number of rotatable bonds is 5. The molecule has 0 saturated carbocycles. The molecule has 4 nitrogen and oxygen atoms in total. The van der Waals surface area contributed by atoms with Gasteiger partial charge < -0.3 is 14.8 Å². The Hall–Kier alpha value is -2.35. The fraction of sp³-hybridized carbons (Fsp3) is 0.188. The van der Waals surface area contributed by atoms with Crippen molar-refractivity contribution in [2.24, 2.45) is 0 Å². The van der Waals surface area contributed by atoms with Crippen molar-refractivity contribution in [1.29, 1.82) is 0 Å². The Labute approximate surface area is 141 Å². The Kier molecular flexibility index (Phi) is 5.61. The summed E-state index contributed by atoms with van der Waals surface area (Å²) < 4.78 is 47.1. The zero-order valence-corrected chi connectivity index (χ0v) is 13.6. The molecule has 2 aromatic carbocycles. The van der Waals surface area contributed by atoms with E-state index in [4.69, 9.17) is 9.47 Å². The molecular formula is C16H14F3NO3S. The summed E-state index contributed by atoms with van der Waals surface area (Å²) in [5.74, 6) is 0.521. The van der Waals surface area contributed by atoms with Crippen molar-refractivity contribution in [3.8, 4) is 11.5 Å². The van der Waals surface area contributed by atoms with E-state index in [1.807, 2.05) is 0 Å². The Morgan fingerprint density at radius 2 is 1.71 bits per heavy atom. The van der Waals surface area contributed by atoms with E-state index in [1.165, 1.54) is 38.5 Å². The molecule has 0 aromatic heterocycles. The smallest absolute Gasteiger partial charge is 0.446 e. The molecule has 2 rings (SSSR count). The molecular weight excluding hydrogens is 343 g/mol. The van der Waals surface area contributed by atoms with Gasteiger partial charge in [-0.1, -0.05) is 0 Å². The molecule has 8 heteroatoms. The molecule has 0 spiro atoms. The number of carbonyl (C=O) groups is 1. The third kappa shape index (κ3) is 4.82. The molecule has 0 saturated heterocycles. The van der Waals surface area contributed by atoms with Crippen LogP contribution in [0.1, 0.15) is 10.4 Å². The van der Waals surface area contributed by atoms with Gasteiger partial charge in [-0.05, 0) is 48.2 Å². The number of ether oxygens (including phenoxy) is 2. The van der Waals surface area contributed by atoms with E-state index >= 15 is 0 Å². The first-order valence-corrected chi connectivity index (χ1v) is 7.53. The predicted molar refractivity (Wildman–Crippen MR) is 85.9 cm³/mol. The van der Waals surface area contributed by atoms with Gasteiger partial charge >= 0.3 is 5.51 Å². The van der Waals surface area contributed by atoms with Crippen LogP contribution in [-0.4, -0.2) is 25.6 Å². The molecule has 0 unspecified atom stereocenters. The Morgan fingerprint density at radius 3 is 2.25 bits per heavy atom. The number of methoxy groups -OCH3 is 2. The SMILES string of the molecule is COc1ccc(NC(=O)c2ccc(SC(F)(F)F)cc2)c(OC)c1. The molecule has 1 N–H and O–H groups in total. The van der Waals surface area contributed by atoms with Gasteiger partial charge in [0.05, 0.1) is 19.9 Å². The number of anilines is 1. The van der Waals surface area contributed by atoms with Crippen molar-refractivity contribution in [2.45, 2.75) is 10.4 Å². The first kappa shape index (κ1) is 18.0. The van der Waals surface area contributed by atoms with Crippen molar-refractivity contribution >= 4 is 23.4 Å². The molecule has 0 fully saturated rings. The number of thioether (sulfide) groups is 1. The van der Waals surface area contributed by atoms with E-state index in [0.29, 0.717) is 17.2 Å². The largest absolute Gasteiger partial charge is 0.497 e. The van der Waals surface area contributed by atoms with Crippen LogP contribution in [0.3, 0.4) is 0 Å². The molecule has 0 atom stereocenters. The lowest BCUT2D eigenvalue weighted by Crippen LogP contribution is -2.12. The van der Waals surface area contributed by atoms with Crippen LogP contribution in [0.5, 0.6) is 11.5 Å². The van der Waals surface area contributed by atoms with Gasteiger partial charge in [-0.3, -0.25) is 4.79 Å². The number of benzene rings is 2. The average molecular weight is 357 g/mol. The van der Waals surface area contributed by atoms with Crippen LogP contribution in [0.4, 0.5) is 18.9 Å². The summed E-state index contributed by atoms with van der Waals surface area (Å²) in [6, 6.07) is 10.0. The summed E-state index contributed by atoms with van der Waals surface area (Å²) in [6.07, 6.45) is 0. The van der Waals surface area contributed by atoms with Crippen molar-refractivity contribution < 1.29 is 27.4 Å². The number of hydrogen-bond donors (Lipinski definition) is 1. The standard InChI is InChI=1S/C16H14F3NO3S/c1-22-11-5-8-13(14(9-11)23-2)20-15(21)10-3-6-12(7-4-10)24-16(17,18)19/h3-9H,1-2H3,(H,20,21). The molecule has 0 bridgehead atoms. The van der Waals surface area contributed by atoms with Gasteiger partial charge in [-0.15, -0.1) is 0 Å². The summed E-state index contributed by atoms with van der Waals surface area (Å²) in [7, 11) is 2.96. The normalized spacial score (nSPS) is 11.0. The highest BCUT2D eigenvalue weighted by Crippen LogP contribution is 2.36. The van der Waals surface area contributed by atoms with E-state index in [1.54, 1.807) is 18.2 Å². The van der Waals surface area contributed by atoms with Gasteiger partial charge in [0, 0.05) is 16.5 Å². The molecule has 0 aliphatic carbocycles. The summed E-state index contributed by atoms with van der Waals surface area (Å²) >= 11 is -0.230. The quantitative estimate of drug-likeness (QED) is 0.797. The van der Waals surface area contributed by atoms with Crippen LogP contribution in [0.2, 0.25) is 0 Å². The lowest BCUT2D eigenvalue weighted by molar-refractivity contribution is -0.0328. The minimum absolute atomic E-state index is 0.0149. The maximum absolute atomic E-state index is 12.3. The molecule has 0 radical (unpaired) electrons. The Morgan fingerprint density at radius 1 is 1.04 bits per heavy atom. The lowest BCUT2D eigenvalue weighted by Gasteiger charge is -2.12. The van der Waals surface area contributed by atoms with Gasteiger partial charge in [-0.25, -0.2) is 0 Å². The van der Waals surface area contributed by atoms with E-state index in [-0.39, 0.29) is 22.2 Å². The number of hydrogen-bond acceptors (Lipinski definition) is 4. The fourth-order valence-corrected chi connectivity index (χ4v) is 2.44. The second-order valence-electron chi connectivity index (χ2n) is 4.59. The molecule has 0 aliphatic heterocycles. The molecule has 2 aromatic rings. The second-order valence-corrected chi connectivity index (χ2v) is 5.73. The Bertz CT molecular complexity index is 717. The number of carbonyl (C=O) groups excluding carboxylic acids is 1. The van der Waals surface area contributed by atoms with Gasteiger partial charge in [0.1, 0.15) is 11.5 Å². The minimum atomic E-state index is -4.36. The van der Waals surface area contributed by atoms with Crippen LogP contribution >= 0.6 is 11.8 Å². The van der Waals surface area contributed by atoms with Gasteiger partial charge in [0.25, 0.3) is 5.91 Å². The van der Waals surface area contributed by atoms with Crippen LogP contribution in [0.25, 0.3) is 0 Å². The maximum atomic E-state index is 12.3. The number of amides is 1. The van der Waals surface area contributed by atoms with Gasteiger partial charge in [-0.2, -0.15) is 13.2 Å². The van der Waals surface area contributed by atoms with E-state index in [2.05, 4.69) is 5.32 Å². The van der Waals surface area contributed by atoms with E-state index < -0.39 is 11.4 Å². The van der Waals surface area contributed by atoms with Crippen LogP contribution < -0.4 is 14.8 Å². The summed E-state index contributed by atoms with van der Waals surface area (Å²) in [4.78, 5) is 12.2. The van der Waals surface area contributed by atoms with E-state index in [9.17, 15) is 18.0 Å². The third-order valence-corrected chi connectivity index (χ3v) is 3.75. The van der Waals surface area contributed by atoms with E-state index in [0.717, 1.165) is 0 Å². The lowest BCUT2D eigenvalue weighted by atomic mass is 10.2. The third-order valence-electron chi connectivity index (χ3n) is 3.01. The number of halogens is 3. The molecule has 0 aliphatic rings. The first-order chi connectivity index (χ1) is 11.3. The van der Waals surface area contributed by atoms with Crippen LogP contribution in [0, 0.1) is 0 Å².